The summed E-state index contributed by atoms with van der Waals surface area (Å²) in [6, 6.07) is 8.42. The average Bonchev–Trinajstić information content (AvgIpc) is 2.38. The summed E-state index contributed by atoms with van der Waals surface area (Å²) in [4.78, 5) is 6.18. The van der Waals surface area contributed by atoms with Gasteiger partial charge in [-0.05, 0) is 24.3 Å². The molecule has 0 fully saturated rings. The molecule has 0 saturated heterocycles. The molecule has 0 radical (unpaired) electrons. The van der Waals surface area contributed by atoms with Crippen LogP contribution >= 0.6 is 11.6 Å². The molecular weight excluding hydrogens is 265 g/mol. The van der Waals surface area contributed by atoms with Crippen LogP contribution in [0.4, 0.5) is 15.9 Å². The van der Waals surface area contributed by atoms with E-state index in [0.29, 0.717) is 17.1 Å². The van der Waals surface area contributed by atoms with Crippen LogP contribution in [0.1, 0.15) is 5.56 Å². The number of rotatable bonds is 4. The number of aromatic nitrogens is 1. The van der Waals surface area contributed by atoms with Crippen molar-refractivity contribution in [1.29, 1.82) is 0 Å². The molecule has 0 aliphatic heterocycles. The van der Waals surface area contributed by atoms with Gasteiger partial charge in [-0.25, -0.2) is 9.37 Å². The Hall–Kier alpha value is -1.81. The molecule has 0 aliphatic rings. The third kappa shape index (κ3) is 3.35. The van der Waals surface area contributed by atoms with Crippen LogP contribution in [0.2, 0.25) is 5.02 Å². The van der Waals surface area contributed by atoms with Gasteiger partial charge in [0, 0.05) is 37.4 Å². The van der Waals surface area contributed by atoms with Gasteiger partial charge < -0.3 is 10.2 Å². The summed E-state index contributed by atoms with van der Waals surface area (Å²) >= 11 is 5.72. The minimum Gasteiger partial charge on any atom is -0.378 e. The summed E-state index contributed by atoms with van der Waals surface area (Å²) in [5.41, 5.74) is 1.43. The molecule has 100 valence electrons. The van der Waals surface area contributed by atoms with Crippen LogP contribution in [0, 0.1) is 5.82 Å². The predicted molar refractivity (Wildman–Crippen MR) is 77.3 cm³/mol. The van der Waals surface area contributed by atoms with Gasteiger partial charge in [0.2, 0.25) is 0 Å². The van der Waals surface area contributed by atoms with Gasteiger partial charge in [-0.3, -0.25) is 0 Å². The maximum Gasteiger partial charge on any atom is 0.151 e. The third-order valence-corrected chi connectivity index (χ3v) is 2.93. The number of hydrogen-bond acceptors (Lipinski definition) is 3. The van der Waals surface area contributed by atoms with Crippen LogP contribution in [0.3, 0.4) is 0 Å². The van der Waals surface area contributed by atoms with Crippen molar-refractivity contribution >= 4 is 23.1 Å². The van der Waals surface area contributed by atoms with E-state index in [1.807, 2.05) is 31.1 Å². The van der Waals surface area contributed by atoms with Gasteiger partial charge in [0.1, 0.15) is 5.82 Å². The maximum atomic E-state index is 13.7. The van der Waals surface area contributed by atoms with Crippen LogP contribution in [0.25, 0.3) is 0 Å². The third-order valence-electron chi connectivity index (χ3n) is 2.69. The molecule has 1 N–H and O–H groups in total. The SMILES string of the molecule is CN(C)c1ncccc1NCc1ccc(Cl)cc1F. The molecule has 0 bridgehead atoms. The van der Waals surface area contributed by atoms with Crippen LogP contribution < -0.4 is 10.2 Å². The second-order valence-corrected chi connectivity index (χ2v) is 4.79. The fourth-order valence-corrected chi connectivity index (χ4v) is 1.91. The quantitative estimate of drug-likeness (QED) is 0.928. The second-order valence-electron chi connectivity index (χ2n) is 4.36. The summed E-state index contributed by atoms with van der Waals surface area (Å²) in [5.74, 6) is 0.507. The number of nitrogens with one attached hydrogen (secondary N) is 1. The highest BCUT2D eigenvalue weighted by Gasteiger charge is 2.07. The second kappa shape index (κ2) is 5.89. The first-order valence-electron chi connectivity index (χ1n) is 5.88. The van der Waals surface area contributed by atoms with Gasteiger partial charge in [-0.2, -0.15) is 0 Å². The molecule has 1 aromatic heterocycles. The van der Waals surface area contributed by atoms with E-state index in [1.165, 1.54) is 6.07 Å². The molecule has 2 aromatic rings. The zero-order valence-electron chi connectivity index (χ0n) is 10.8. The summed E-state index contributed by atoms with van der Waals surface area (Å²) in [7, 11) is 3.83. The highest BCUT2D eigenvalue weighted by molar-refractivity contribution is 6.30. The highest BCUT2D eigenvalue weighted by atomic mass is 35.5. The van der Waals surface area contributed by atoms with Crippen molar-refractivity contribution in [2.24, 2.45) is 0 Å². The van der Waals surface area contributed by atoms with Crippen molar-refractivity contribution in [1.82, 2.24) is 4.98 Å². The van der Waals surface area contributed by atoms with Gasteiger partial charge >= 0.3 is 0 Å². The van der Waals surface area contributed by atoms with Gasteiger partial charge in [0.15, 0.2) is 5.82 Å². The molecule has 0 aliphatic carbocycles. The van der Waals surface area contributed by atoms with E-state index < -0.39 is 0 Å². The lowest BCUT2D eigenvalue weighted by molar-refractivity contribution is 0.613. The zero-order chi connectivity index (χ0) is 13.8. The topological polar surface area (TPSA) is 28.2 Å². The Bertz CT molecular complexity index is 572. The lowest BCUT2D eigenvalue weighted by Crippen LogP contribution is -2.14. The molecule has 2 rings (SSSR count). The van der Waals surface area contributed by atoms with Gasteiger partial charge in [-0.1, -0.05) is 17.7 Å². The fourth-order valence-electron chi connectivity index (χ4n) is 1.75. The zero-order valence-corrected chi connectivity index (χ0v) is 11.6. The number of benzene rings is 1. The molecule has 3 nitrogen and oxygen atoms in total. The van der Waals surface area contributed by atoms with E-state index in [9.17, 15) is 4.39 Å². The van der Waals surface area contributed by atoms with E-state index in [1.54, 1.807) is 18.3 Å². The monoisotopic (exact) mass is 279 g/mol. The Morgan fingerprint density at radius 3 is 2.79 bits per heavy atom. The minimum atomic E-state index is -0.310. The van der Waals surface area contributed by atoms with E-state index >= 15 is 0 Å². The van der Waals surface area contributed by atoms with E-state index in [-0.39, 0.29) is 5.82 Å². The van der Waals surface area contributed by atoms with Gasteiger partial charge in [0.25, 0.3) is 0 Å². The molecule has 1 heterocycles. The molecule has 5 heteroatoms. The molecule has 0 spiro atoms. The van der Waals surface area contributed by atoms with Crippen molar-refractivity contribution < 1.29 is 4.39 Å². The van der Waals surface area contributed by atoms with E-state index in [2.05, 4.69) is 10.3 Å². The Balaban J connectivity index is 2.14. The molecule has 1 aromatic carbocycles. The molecule has 0 unspecified atom stereocenters. The number of hydrogen-bond donors (Lipinski definition) is 1. The summed E-state index contributed by atoms with van der Waals surface area (Å²) in [6.07, 6.45) is 1.73. The van der Waals surface area contributed by atoms with Crippen LogP contribution in [-0.4, -0.2) is 19.1 Å². The Kier molecular flexibility index (Phi) is 4.22. The van der Waals surface area contributed by atoms with Crippen LogP contribution in [0.5, 0.6) is 0 Å². The number of anilines is 2. The molecule has 0 amide bonds. The number of halogens is 2. The van der Waals surface area contributed by atoms with Crippen molar-refractivity contribution in [2.75, 3.05) is 24.3 Å². The summed E-state index contributed by atoms with van der Waals surface area (Å²) in [6.45, 7) is 0.384. The normalized spacial score (nSPS) is 10.3. The first kappa shape index (κ1) is 13.6. The lowest BCUT2D eigenvalue weighted by Gasteiger charge is -2.17. The van der Waals surface area contributed by atoms with Gasteiger partial charge in [0.05, 0.1) is 5.69 Å². The van der Waals surface area contributed by atoms with Crippen molar-refractivity contribution in [3.05, 3.63) is 52.9 Å². The molecule has 19 heavy (non-hydrogen) atoms. The Labute approximate surface area is 117 Å². The average molecular weight is 280 g/mol. The molecule has 0 atom stereocenters. The number of nitrogens with zero attached hydrogens (tertiary/aromatic N) is 2. The molecule has 0 saturated carbocycles. The molecular formula is C14H15ClFN3. The largest absolute Gasteiger partial charge is 0.378 e. The summed E-state index contributed by atoms with van der Waals surface area (Å²) < 4.78 is 13.7. The van der Waals surface area contributed by atoms with E-state index in [4.69, 9.17) is 11.6 Å². The first-order chi connectivity index (χ1) is 9.08. The van der Waals surface area contributed by atoms with Gasteiger partial charge in [-0.15, -0.1) is 0 Å². The van der Waals surface area contributed by atoms with Crippen LogP contribution in [0.15, 0.2) is 36.5 Å². The fraction of sp³-hybridized carbons (Fsp3) is 0.214. The maximum absolute atomic E-state index is 13.7. The van der Waals surface area contributed by atoms with Crippen molar-refractivity contribution in [2.45, 2.75) is 6.54 Å². The highest BCUT2D eigenvalue weighted by Crippen LogP contribution is 2.22. The van der Waals surface area contributed by atoms with Crippen LogP contribution in [-0.2, 0) is 6.54 Å². The van der Waals surface area contributed by atoms with E-state index in [0.717, 1.165) is 11.5 Å². The lowest BCUT2D eigenvalue weighted by atomic mass is 10.2. The Morgan fingerprint density at radius 1 is 1.32 bits per heavy atom. The minimum absolute atomic E-state index is 0.310. The number of pyridine rings is 1. The predicted octanol–water partition coefficient (Wildman–Crippen LogP) is 3.55. The summed E-state index contributed by atoms with van der Waals surface area (Å²) in [5, 5.41) is 3.58. The first-order valence-corrected chi connectivity index (χ1v) is 6.26. The van der Waals surface area contributed by atoms with Crippen molar-refractivity contribution in [3.63, 3.8) is 0 Å². The standard InChI is InChI=1S/C14H15ClFN3/c1-19(2)14-13(4-3-7-17-14)18-9-10-5-6-11(15)8-12(10)16/h3-8,18H,9H2,1-2H3. The Morgan fingerprint density at radius 2 is 2.11 bits per heavy atom. The smallest absolute Gasteiger partial charge is 0.151 e. The van der Waals surface area contributed by atoms with Crippen molar-refractivity contribution in [3.8, 4) is 0 Å².